The third-order valence-corrected chi connectivity index (χ3v) is 7.15. The average Bonchev–Trinajstić information content (AvgIpc) is 2.76. The summed E-state index contributed by atoms with van der Waals surface area (Å²) in [4.78, 5) is 12.7. The molecule has 180 valence electrons. The summed E-state index contributed by atoms with van der Waals surface area (Å²) in [7, 11) is -4.35. The molecule has 0 radical (unpaired) electrons. The quantitative estimate of drug-likeness (QED) is 0.367. The maximum atomic E-state index is 13.1. The van der Waals surface area contributed by atoms with Gasteiger partial charge in [0.05, 0.1) is 21.3 Å². The molecule has 3 rings (SSSR count). The maximum absolute atomic E-state index is 13.1. The number of alkyl halides is 3. The van der Waals surface area contributed by atoms with Crippen LogP contribution < -0.4 is 10.0 Å². The van der Waals surface area contributed by atoms with Crippen molar-refractivity contribution in [2.24, 2.45) is 0 Å². The Bertz CT molecular complexity index is 1300. The van der Waals surface area contributed by atoms with Gasteiger partial charge in [-0.05, 0) is 48.4 Å². The number of amides is 1. The van der Waals surface area contributed by atoms with Gasteiger partial charge < -0.3 is 5.32 Å². The highest BCUT2D eigenvalue weighted by atomic mass is 35.5. The molecule has 0 saturated carbocycles. The molecule has 0 aliphatic rings. The van der Waals surface area contributed by atoms with E-state index in [4.69, 9.17) is 34.8 Å². The number of nitrogens with one attached hydrogen (secondary N) is 2. The molecule has 0 heterocycles. The zero-order chi connectivity index (χ0) is 25.1. The average molecular weight is 552 g/mol. The molecule has 2 N–H and O–H groups in total. The molecule has 0 aliphatic heterocycles. The molecule has 0 bridgehead atoms. The molecular weight excluding hydrogens is 536 g/mol. The second-order valence-corrected chi connectivity index (χ2v) is 10.1. The lowest BCUT2D eigenvalue weighted by atomic mass is 10.1. The van der Waals surface area contributed by atoms with E-state index in [9.17, 15) is 26.4 Å². The molecule has 1 amide bonds. The second-order valence-electron chi connectivity index (χ2n) is 7.12. The van der Waals surface area contributed by atoms with Crippen molar-refractivity contribution in [2.45, 2.75) is 23.5 Å². The standard InChI is InChI=1S/C22H16Cl3F3N2O3S/c23-15-7-9-17(25)20(12-15)34(32,33)30-19(10-13-4-2-1-3-5-13)21(31)29-18-11-14(22(26,27)28)6-8-16(18)24/h1-9,11-12,19,30H,10H2,(H,29,31)/t19-/m1/s1. The van der Waals surface area contributed by atoms with Crippen LogP contribution in [0.4, 0.5) is 18.9 Å². The van der Waals surface area contributed by atoms with Crippen molar-refractivity contribution in [1.82, 2.24) is 4.72 Å². The van der Waals surface area contributed by atoms with Gasteiger partial charge in [-0.15, -0.1) is 0 Å². The van der Waals surface area contributed by atoms with Gasteiger partial charge in [-0.1, -0.05) is 65.1 Å². The summed E-state index contributed by atoms with van der Waals surface area (Å²) >= 11 is 17.9. The Hall–Kier alpha value is -2.30. The van der Waals surface area contributed by atoms with Gasteiger partial charge in [0.2, 0.25) is 15.9 Å². The molecule has 0 aliphatic carbocycles. The van der Waals surface area contributed by atoms with Gasteiger partial charge in [0.15, 0.2) is 0 Å². The van der Waals surface area contributed by atoms with Crippen molar-refractivity contribution < 1.29 is 26.4 Å². The van der Waals surface area contributed by atoms with E-state index in [1.54, 1.807) is 30.3 Å². The third kappa shape index (κ3) is 6.64. The Morgan fingerprint density at radius 3 is 2.21 bits per heavy atom. The lowest BCUT2D eigenvalue weighted by Crippen LogP contribution is -2.45. The summed E-state index contributed by atoms with van der Waals surface area (Å²) in [6.07, 6.45) is -4.78. The zero-order valence-corrected chi connectivity index (χ0v) is 20.1. The zero-order valence-electron chi connectivity index (χ0n) is 17.0. The van der Waals surface area contributed by atoms with Crippen LogP contribution in [0.25, 0.3) is 0 Å². The number of sulfonamides is 1. The minimum absolute atomic E-state index is 0.101. The number of carbonyl (C=O) groups excluding carboxylic acids is 1. The van der Waals surface area contributed by atoms with E-state index >= 15 is 0 Å². The first-order valence-electron chi connectivity index (χ1n) is 9.56. The minimum Gasteiger partial charge on any atom is -0.323 e. The van der Waals surface area contributed by atoms with E-state index in [1.165, 1.54) is 12.1 Å². The Kier molecular flexibility index (Phi) is 8.15. The van der Waals surface area contributed by atoms with Crippen LogP contribution in [0.1, 0.15) is 11.1 Å². The lowest BCUT2D eigenvalue weighted by molar-refractivity contribution is -0.137. The van der Waals surface area contributed by atoms with Crippen LogP contribution >= 0.6 is 34.8 Å². The topological polar surface area (TPSA) is 75.3 Å². The summed E-state index contributed by atoms with van der Waals surface area (Å²) in [5, 5.41) is 2.11. The summed E-state index contributed by atoms with van der Waals surface area (Å²) in [6, 6.07) is 13.2. The lowest BCUT2D eigenvalue weighted by Gasteiger charge is -2.20. The van der Waals surface area contributed by atoms with Crippen molar-refractivity contribution in [2.75, 3.05) is 5.32 Å². The fourth-order valence-electron chi connectivity index (χ4n) is 2.99. The van der Waals surface area contributed by atoms with Gasteiger partial charge in [0, 0.05) is 5.02 Å². The summed E-state index contributed by atoms with van der Waals surface area (Å²) in [6.45, 7) is 0. The Balaban J connectivity index is 1.95. The van der Waals surface area contributed by atoms with E-state index in [-0.39, 0.29) is 32.1 Å². The third-order valence-electron chi connectivity index (χ3n) is 4.63. The normalized spacial score (nSPS) is 12.9. The van der Waals surface area contributed by atoms with Crippen molar-refractivity contribution in [3.05, 3.63) is 92.9 Å². The smallest absolute Gasteiger partial charge is 0.323 e. The van der Waals surface area contributed by atoms with E-state index in [0.717, 1.165) is 18.2 Å². The number of benzene rings is 3. The highest BCUT2D eigenvalue weighted by molar-refractivity contribution is 7.89. The summed E-state index contributed by atoms with van der Waals surface area (Å²) in [5.74, 6) is -0.924. The first kappa shape index (κ1) is 26.3. The molecular formula is C22H16Cl3F3N2O3S. The van der Waals surface area contributed by atoms with Gasteiger partial charge >= 0.3 is 6.18 Å². The van der Waals surface area contributed by atoms with Crippen LogP contribution in [-0.2, 0) is 27.4 Å². The molecule has 3 aromatic carbocycles. The number of rotatable bonds is 7. The Morgan fingerprint density at radius 2 is 1.56 bits per heavy atom. The molecule has 12 heteroatoms. The van der Waals surface area contributed by atoms with Crippen molar-refractivity contribution >= 4 is 56.4 Å². The summed E-state index contributed by atoms with van der Waals surface area (Å²) < 4.78 is 67.6. The van der Waals surface area contributed by atoms with Gasteiger partial charge in [-0.25, -0.2) is 8.42 Å². The van der Waals surface area contributed by atoms with Crippen molar-refractivity contribution in [3.63, 3.8) is 0 Å². The van der Waals surface area contributed by atoms with Crippen molar-refractivity contribution in [3.8, 4) is 0 Å². The molecule has 3 aromatic rings. The van der Waals surface area contributed by atoms with Crippen molar-refractivity contribution in [1.29, 1.82) is 0 Å². The van der Waals surface area contributed by atoms with E-state index in [1.807, 2.05) is 0 Å². The fraction of sp³-hybridized carbons (Fsp3) is 0.136. The molecule has 0 spiro atoms. The number of anilines is 1. The second kappa shape index (κ2) is 10.5. The molecule has 0 fully saturated rings. The van der Waals surface area contributed by atoms with E-state index < -0.39 is 33.7 Å². The molecule has 1 atom stereocenters. The summed E-state index contributed by atoms with van der Waals surface area (Å²) in [5.41, 5.74) is -0.754. The van der Waals surface area contributed by atoms with Gasteiger partial charge in [-0.3, -0.25) is 4.79 Å². The molecule has 0 aromatic heterocycles. The van der Waals surface area contributed by atoms with Crippen LogP contribution in [-0.4, -0.2) is 20.4 Å². The predicted octanol–water partition coefficient (Wildman–Crippen LogP) is 6.19. The maximum Gasteiger partial charge on any atom is 0.416 e. The van der Waals surface area contributed by atoms with Crippen LogP contribution in [0.3, 0.4) is 0 Å². The fourth-order valence-corrected chi connectivity index (χ4v) is 5.11. The van der Waals surface area contributed by atoms with Crippen LogP contribution in [0.2, 0.25) is 15.1 Å². The molecule has 0 saturated heterocycles. The Labute approximate surface area is 208 Å². The van der Waals surface area contributed by atoms with Gasteiger partial charge in [0.1, 0.15) is 10.9 Å². The molecule has 5 nitrogen and oxygen atoms in total. The van der Waals surface area contributed by atoms with E-state index in [0.29, 0.717) is 11.6 Å². The predicted molar refractivity (Wildman–Crippen MR) is 126 cm³/mol. The first-order chi connectivity index (χ1) is 15.9. The minimum atomic E-state index is -4.67. The van der Waals surface area contributed by atoms with Gasteiger partial charge in [0.25, 0.3) is 0 Å². The monoisotopic (exact) mass is 550 g/mol. The SMILES string of the molecule is O=C(Nc1cc(C(F)(F)F)ccc1Cl)[C@@H](Cc1ccccc1)NS(=O)(=O)c1cc(Cl)ccc1Cl. The van der Waals surface area contributed by atoms with Gasteiger partial charge in [-0.2, -0.15) is 17.9 Å². The number of carbonyl (C=O) groups is 1. The van der Waals surface area contributed by atoms with Crippen LogP contribution in [0.15, 0.2) is 71.6 Å². The molecule has 0 unspecified atom stereocenters. The van der Waals surface area contributed by atoms with E-state index in [2.05, 4.69) is 10.0 Å². The Morgan fingerprint density at radius 1 is 0.912 bits per heavy atom. The van der Waals surface area contributed by atoms with Crippen LogP contribution in [0.5, 0.6) is 0 Å². The van der Waals surface area contributed by atoms with Crippen LogP contribution in [0, 0.1) is 0 Å². The number of hydrogen-bond donors (Lipinski definition) is 2. The largest absolute Gasteiger partial charge is 0.416 e. The number of hydrogen-bond acceptors (Lipinski definition) is 3. The highest BCUT2D eigenvalue weighted by Crippen LogP contribution is 2.34. The first-order valence-corrected chi connectivity index (χ1v) is 12.2. The number of halogens is 6. The molecule has 34 heavy (non-hydrogen) atoms. The highest BCUT2D eigenvalue weighted by Gasteiger charge is 2.32.